The zero-order chi connectivity index (χ0) is 37.8. The number of amides is 5. The summed E-state index contributed by atoms with van der Waals surface area (Å²) in [5.74, 6) is 0.441. The minimum atomic E-state index is -0.639. The highest BCUT2D eigenvalue weighted by Crippen LogP contribution is 2.37. The van der Waals surface area contributed by atoms with Crippen molar-refractivity contribution < 1.29 is 24.0 Å². The summed E-state index contributed by atoms with van der Waals surface area (Å²) in [6.45, 7) is 3.92. The lowest BCUT2D eigenvalue weighted by molar-refractivity contribution is -0.137. The average Bonchev–Trinajstić information content (AvgIpc) is 3.67. The van der Waals surface area contributed by atoms with Crippen LogP contribution in [0.25, 0.3) is 11.1 Å². The van der Waals surface area contributed by atoms with E-state index in [-0.39, 0.29) is 49.2 Å². The maximum atomic E-state index is 12.9. The number of imide groups is 1. The molecule has 1 atom stereocenters. The molecule has 3 fully saturated rings. The summed E-state index contributed by atoms with van der Waals surface area (Å²) in [7, 11) is 2.03. The topological polar surface area (TPSA) is 191 Å². The van der Waals surface area contributed by atoms with Gasteiger partial charge >= 0.3 is 0 Å². The number of carbonyl (C=O) groups excluding carboxylic acids is 5. The lowest BCUT2D eigenvalue weighted by Crippen LogP contribution is -2.52. The van der Waals surface area contributed by atoms with E-state index in [9.17, 15) is 24.0 Å². The van der Waals surface area contributed by atoms with Crippen LogP contribution in [0.4, 0.5) is 5.82 Å². The van der Waals surface area contributed by atoms with Crippen LogP contribution in [0.5, 0.6) is 0 Å². The third-order valence-corrected chi connectivity index (χ3v) is 12.0. The standard InChI is InChI=1S/C38H50N10O5S/c1-22-16-42-32(15-28(22)29-18-44-47(2)31(29)13-23-3-4-23)45-26-7-5-25(6-8-26)41-20-35(51)40-12-11-39-19-34(50)43-17-27-14-24-21-48(38(53)36(24)54-27)30-9-10-33(49)46-37(30)52/h14-16,18,23,25-26,30,39,41H,3-13,17,19-21H2,1-2H3,(H,40,51)(H,42,45)(H,43,50)(H,46,49,52). The van der Waals surface area contributed by atoms with Gasteiger partial charge in [-0.15, -0.1) is 11.3 Å². The first-order valence-electron chi connectivity index (χ1n) is 19.1. The summed E-state index contributed by atoms with van der Waals surface area (Å²) in [4.78, 5) is 69.1. The third kappa shape index (κ3) is 9.16. The number of thiophene rings is 1. The van der Waals surface area contributed by atoms with E-state index in [2.05, 4.69) is 55.0 Å². The van der Waals surface area contributed by atoms with E-state index in [1.165, 1.54) is 45.9 Å². The molecule has 1 saturated heterocycles. The molecule has 16 heteroatoms. The van der Waals surface area contributed by atoms with Gasteiger partial charge in [-0.05, 0) is 93.0 Å². The van der Waals surface area contributed by atoms with E-state index in [1.54, 1.807) is 0 Å². The van der Waals surface area contributed by atoms with Crippen LogP contribution in [0.1, 0.15) is 82.7 Å². The summed E-state index contributed by atoms with van der Waals surface area (Å²) in [6, 6.07) is 4.03. The zero-order valence-electron chi connectivity index (χ0n) is 31.0. The van der Waals surface area contributed by atoms with Gasteiger partial charge < -0.3 is 31.5 Å². The summed E-state index contributed by atoms with van der Waals surface area (Å²) < 4.78 is 2.02. The molecule has 15 nitrogen and oxygen atoms in total. The number of aromatic nitrogens is 3. The minimum absolute atomic E-state index is 0.0780. The molecule has 54 heavy (non-hydrogen) atoms. The Bertz CT molecular complexity index is 1900. The molecule has 2 aliphatic heterocycles. The average molecular weight is 759 g/mol. The molecule has 0 aromatic carbocycles. The number of nitrogens with zero attached hydrogens (tertiary/aromatic N) is 4. The summed E-state index contributed by atoms with van der Waals surface area (Å²) in [6.07, 6.45) is 12.1. The van der Waals surface area contributed by atoms with Gasteiger partial charge in [0.25, 0.3) is 5.91 Å². The lowest BCUT2D eigenvalue weighted by atomic mass is 9.91. The van der Waals surface area contributed by atoms with Crippen molar-refractivity contribution in [3.05, 3.63) is 51.1 Å². The fourth-order valence-corrected chi connectivity index (χ4v) is 8.66. The zero-order valence-corrected chi connectivity index (χ0v) is 31.8. The number of pyridine rings is 1. The Hall–Kier alpha value is -4.67. The first-order valence-corrected chi connectivity index (χ1v) is 19.9. The van der Waals surface area contributed by atoms with Crippen molar-refractivity contribution in [3.63, 3.8) is 0 Å². The van der Waals surface area contributed by atoms with Crippen molar-refractivity contribution in [1.29, 1.82) is 0 Å². The number of carbonyl (C=O) groups is 5. The van der Waals surface area contributed by atoms with Crippen molar-refractivity contribution in [2.45, 2.75) is 95.9 Å². The molecule has 3 aromatic heterocycles. The molecule has 4 aliphatic rings. The lowest BCUT2D eigenvalue weighted by Gasteiger charge is -2.30. The van der Waals surface area contributed by atoms with Crippen LogP contribution in [-0.4, -0.2) is 93.5 Å². The van der Waals surface area contributed by atoms with Crippen molar-refractivity contribution in [2.24, 2.45) is 13.0 Å². The van der Waals surface area contributed by atoms with Crippen molar-refractivity contribution in [1.82, 2.24) is 46.2 Å². The Morgan fingerprint density at radius 1 is 0.926 bits per heavy atom. The molecule has 7 rings (SSSR count). The van der Waals surface area contributed by atoms with Gasteiger partial charge in [0.05, 0.1) is 30.7 Å². The molecule has 5 heterocycles. The monoisotopic (exact) mass is 758 g/mol. The molecule has 0 bridgehead atoms. The van der Waals surface area contributed by atoms with Crippen molar-refractivity contribution >= 4 is 46.7 Å². The number of anilines is 1. The second kappa shape index (κ2) is 16.8. The predicted octanol–water partition coefficient (Wildman–Crippen LogP) is 1.90. The fraction of sp³-hybridized carbons (Fsp3) is 0.553. The van der Waals surface area contributed by atoms with Crippen LogP contribution in [0.2, 0.25) is 0 Å². The van der Waals surface area contributed by atoms with Gasteiger partial charge in [-0.2, -0.15) is 5.10 Å². The van der Waals surface area contributed by atoms with Crippen LogP contribution in [-0.2, 0) is 45.7 Å². The molecule has 2 aliphatic carbocycles. The van der Waals surface area contributed by atoms with Gasteiger partial charge in [-0.1, -0.05) is 0 Å². The largest absolute Gasteiger partial charge is 0.367 e. The normalized spacial score (nSPS) is 21.2. The van der Waals surface area contributed by atoms with E-state index in [0.29, 0.717) is 43.5 Å². The van der Waals surface area contributed by atoms with Gasteiger partial charge in [-0.3, -0.25) is 34.0 Å². The summed E-state index contributed by atoms with van der Waals surface area (Å²) in [5.41, 5.74) is 5.67. The van der Waals surface area contributed by atoms with Gasteiger partial charge in [-0.25, -0.2) is 4.98 Å². The first-order chi connectivity index (χ1) is 26.1. The molecule has 6 N–H and O–H groups in total. The molecule has 3 aromatic rings. The number of hydrogen-bond acceptors (Lipinski definition) is 11. The van der Waals surface area contributed by atoms with Crippen LogP contribution < -0.4 is 31.9 Å². The van der Waals surface area contributed by atoms with Crippen molar-refractivity contribution in [3.8, 4) is 11.1 Å². The van der Waals surface area contributed by atoms with Gasteiger partial charge in [0.15, 0.2) is 0 Å². The molecular formula is C38H50N10O5S. The molecule has 1 unspecified atom stereocenters. The van der Waals surface area contributed by atoms with Crippen molar-refractivity contribution in [2.75, 3.05) is 31.5 Å². The van der Waals surface area contributed by atoms with Gasteiger partial charge in [0.1, 0.15) is 11.9 Å². The maximum absolute atomic E-state index is 12.9. The summed E-state index contributed by atoms with van der Waals surface area (Å²) in [5, 5.41) is 22.7. The van der Waals surface area contributed by atoms with Gasteiger partial charge in [0, 0.05) is 67.5 Å². The van der Waals surface area contributed by atoms with E-state index >= 15 is 0 Å². The SMILES string of the molecule is Cc1cnc(NC2CCC(NCC(=O)NCCNCC(=O)NCc3cc4c(s3)C(=O)N(C3CCC(=O)NC3=O)C4)CC2)cc1-c1cnn(C)c1CC1CC1. The second-order valence-corrected chi connectivity index (χ2v) is 16.1. The Balaban J connectivity index is 0.743. The van der Waals surface area contributed by atoms with Crippen LogP contribution in [0.15, 0.2) is 24.5 Å². The molecule has 0 spiro atoms. The highest BCUT2D eigenvalue weighted by Gasteiger charge is 2.40. The predicted molar refractivity (Wildman–Crippen MR) is 203 cm³/mol. The molecule has 2 saturated carbocycles. The highest BCUT2D eigenvalue weighted by atomic mass is 32.1. The Labute approximate surface area is 318 Å². The third-order valence-electron chi connectivity index (χ3n) is 10.9. The fourth-order valence-electron chi connectivity index (χ4n) is 7.60. The highest BCUT2D eigenvalue weighted by molar-refractivity contribution is 7.14. The minimum Gasteiger partial charge on any atom is -0.367 e. The molecule has 5 amide bonds. The van der Waals surface area contributed by atoms with Gasteiger partial charge in [0.2, 0.25) is 23.6 Å². The number of piperidine rings is 1. The Morgan fingerprint density at radius 2 is 1.70 bits per heavy atom. The first kappa shape index (κ1) is 37.6. The number of hydrogen-bond donors (Lipinski definition) is 6. The smallest absolute Gasteiger partial charge is 0.265 e. The number of rotatable bonds is 16. The Kier molecular flexibility index (Phi) is 11.7. The summed E-state index contributed by atoms with van der Waals surface area (Å²) >= 11 is 1.31. The molecular weight excluding hydrogens is 709 g/mol. The van der Waals surface area contributed by atoms with E-state index in [0.717, 1.165) is 59.8 Å². The molecule has 0 radical (unpaired) electrons. The quantitative estimate of drug-likeness (QED) is 0.0930. The Morgan fingerprint density at radius 3 is 2.46 bits per heavy atom. The van der Waals surface area contributed by atoms with E-state index in [1.807, 2.05) is 30.2 Å². The van der Waals surface area contributed by atoms with E-state index < -0.39 is 11.9 Å². The van der Waals surface area contributed by atoms with Crippen LogP contribution in [0, 0.1) is 12.8 Å². The molecule has 288 valence electrons. The second-order valence-electron chi connectivity index (χ2n) is 15.0. The van der Waals surface area contributed by atoms with E-state index in [4.69, 9.17) is 0 Å². The number of nitrogens with one attached hydrogen (secondary N) is 6. The maximum Gasteiger partial charge on any atom is 0.265 e. The number of fused-ring (bicyclic) bond motifs is 1. The van der Waals surface area contributed by atoms with Crippen LogP contribution >= 0.6 is 11.3 Å². The number of aryl methyl sites for hydroxylation is 2. The van der Waals surface area contributed by atoms with Crippen LogP contribution in [0.3, 0.4) is 0 Å².